The van der Waals surface area contributed by atoms with Crippen molar-refractivity contribution >= 4 is 69.6 Å². The highest BCUT2D eigenvalue weighted by atomic mass is 28.4. The van der Waals surface area contributed by atoms with E-state index < -0.39 is 195 Å². The maximum Gasteiger partial charge on any atom is 0.407 e. The lowest BCUT2D eigenvalue weighted by molar-refractivity contribution is -0.295. The summed E-state index contributed by atoms with van der Waals surface area (Å²) in [5, 5.41) is 41.5. The maximum absolute atomic E-state index is 15.1. The summed E-state index contributed by atoms with van der Waals surface area (Å²) in [5.41, 5.74) is 3.54. The molecule has 6 amide bonds. The van der Waals surface area contributed by atoms with E-state index in [0.29, 0.717) is 17.5 Å². The fourth-order valence-electron chi connectivity index (χ4n) is 13.8. The Morgan fingerprint density at radius 3 is 1.28 bits per heavy atom. The zero-order valence-electron chi connectivity index (χ0n) is 78.4. The molecule has 1 aliphatic carbocycles. The van der Waals surface area contributed by atoms with Crippen LogP contribution in [0, 0.1) is 0 Å². The second-order valence-corrected chi connectivity index (χ2v) is 58.6. The average Bonchev–Trinajstić information content (AvgIpc) is 1.17. The van der Waals surface area contributed by atoms with Crippen molar-refractivity contribution in [1.29, 1.82) is 0 Å². The van der Waals surface area contributed by atoms with E-state index in [-0.39, 0.29) is 90.2 Å². The third-order valence-corrected chi connectivity index (χ3v) is 43.6. The Labute approximate surface area is 760 Å². The van der Waals surface area contributed by atoms with Gasteiger partial charge in [0.15, 0.2) is 52.1 Å². The molecule has 1 saturated carbocycles. The van der Waals surface area contributed by atoms with Gasteiger partial charge in [0.2, 0.25) is 5.91 Å². The molecule has 3 heterocycles. The fraction of sp³-hybridized carbons (Fsp3) is 0.596. The van der Waals surface area contributed by atoms with Crippen LogP contribution < -0.4 is 31.9 Å². The molecule has 0 bridgehead atoms. The molecular weight excluding hydrogens is 1710 g/mol. The second kappa shape index (κ2) is 46.4. The first-order chi connectivity index (χ1) is 60.2. The molecule has 18 atom stereocenters. The topological polar surface area (TPSA) is 363 Å². The van der Waals surface area contributed by atoms with Crippen molar-refractivity contribution in [2.45, 2.75) is 325 Å². The van der Waals surface area contributed by atoms with Crippen molar-refractivity contribution in [3.63, 3.8) is 0 Å². The highest BCUT2D eigenvalue weighted by Crippen LogP contribution is 2.46. The van der Waals surface area contributed by atoms with Crippen LogP contribution >= 0.6 is 0 Å². The first-order valence-electron chi connectivity index (χ1n) is 44.5. The zero-order valence-corrected chi connectivity index (χ0v) is 82.4. The summed E-state index contributed by atoms with van der Waals surface area (Å²) in [6, 6.07) is 40.4. The van der Waals surface area contributed by atoms with Gasteiger partial charge < -0.3 is 117 Å². The number of hydrogen-bond acceptors (Lipinski definition) is 24. The molecule has 3 aliphatic heterocycles. The van der Waals surface area contributed by atoms with E-state index in [9.17, 15) is 34.2 Å². The minimum atomic E-state index is -3.06. The van der Waals surface area contributed by atoms with E-state index in [1.165, 1.54) is 6.08 Å². The molecule has 4 aliphatic rings. The number of aliphatic hydroxyl groups excluding tert-OH is 2. The Morgan fingerprint density at radius 2 is 0.828 bits per heavy atom. The Hall–Kier alpha value is -7.99. The van der Waals surface area contributed by atoms with Gasteiger partial charge in [-0.25, -0.2) is 24.0 Å². The van der Waals surface area contributed by atoms with Gasteiger partial charge in [-0.15, -0.1) is 6.58 Å². The van der Waals surface area contributed by atoms with Crippen molar-refractivity contribution in [3.8, 4) is 0 Å². The molecule has 5 aromatic carbocycles. The maximum atomic E-state index is 15.1. The summed E-state index contributed by atoms with van der Waals surface area (Å²) in [4.78, 5) is 86.4. The highest BCUT2D eigenvalue weighted by molar-refractivity contribution is 6.75. The smallest absolute Gasteiger partial charge is 0.407 e. The molecule has 3 saturated heterocycles. The minimum absolute atomic E-state index is 0.0422. The monoisotopic (exact) mass is 1850 g/mol. The molecule has 0 unspecified atom stereocenters. The molecule has 0 aromatic heterocycles. The van der Waals surface area contributed by atoms with Crippen molar-refractivity contribution < 1.29 is 114 Å². The van der Waals surface area contributed by atoms with Gasteiger partial charge in [0.05, 0.1) is 50.2 Å². The number of benzene rings is 5. The number of hydrogen-bond donors (Lipinski definition) is 8. The van der Waals surface area contributed by atoms with E-state index in [1.807, 2.05) is 103 Å². The van der Waals surface area contributed by atoms with Crippen molar-refractivity contribution in [3.05, 3.63) is 192 Å². The van der Waals surface area contributed by atoms with Crippen LogP contribution in [0.25, 0.3) is 0 Å². The van der Waals surface area contributed by atoms with E-state index in [1.54, 1.807) is 48.5 Å². The SMILES string of the molecule is C=CCO[C@H]1[C@H](O[C@@H]2[C@@H](O)[C@H](NC(=O)[C@@H](O)CCNC(=O)OCc3ccccc3)C[C@H](NC(=O)OCc3ccccc3)[C@H]2O[C@H]2O[C@H](CO[Si](C)(C)C(C)(C)C)CC[C@H]2NC(=O)OCc2ccccc2)O[C@H](CO[Si](C)(C)C(C)(C)C)[C@H]1O[C@H]1O[C@@H](CNC(=O)OCc2ccccc2)[C@@H](O[Si](C)(C)C(C)(C)C)[C@H](O[Si](C)(C)C(C)(C)C)[C@H]1NC(=O)OCc1ccccc1. The van der Waals surface area contributed by atoms with E-state index >= 15 is 4.79 Å². The number of nitrogens with one attached hydrogen (secondary N) is 6. The lowest BCUT2D eigenvalue weighted by atomic mass is 9.83. The van der Waals surface area contributed by atoms with Gasteiger partial charge in [0, 0.05) is 13.1 Å². The minimum Gasteiger partial charge on any atom is -0.445 e. The number of amides is 6. The van der Waals surface area contributed by atoms with Crippen LogP contribution in [0.3, 0.4) is 0 Å². The number of ether oxygens (including phenoxy) is 12. The molecule has 0 radical (unpaired) electrons. The predicted octanol–water partition coefficient (Wildman–Crippen LogP) is 15.2. The van der Waals surface area contributed by atoms with Gasteiger partial charge in [-0.3, -0.25) is 4.79 Å². The van der Waals surface area contributed by atoms with Crippen LogP contribution in [0.4, 0.5) is 24.0 Å². The van der Waals surface area contributed by atoms with Gasteiger partial charge in [0.25, 0.3) is 0 Å². The number of rotatable bonds is 39. The van der Waals surface area contributed by atoms with Crippen LogP contribution in [0.1, 0.15) is 137 Å². The molecule has 128 heavy (non-hydrogen) atoms. The highest BCUT2D eigenvalue weighted by Gasteiger charge is 2.60. The van der Waals surface area contributed by atoms with Gasteiger partial charge in [-0.2, -0.15) is 0 Å². The van der Waals surface area contributed by atoms with Crippen LogP contribution in [0.5, 0.6) is 0 Å². The Balaban J connectivity index is 1.19. The summed E-state index contributed by atoms with van der Waals surface area (Å²) < 4.78 is 110. The van der Waals surface area contributed by atoms with Gasteiger partial charge in [-0.05, 0) is 126 Å². The summed E-state index contributed by atoms with van der Waals surface area (Å²) in [7, 11) is -11.3. The number of carbonyl (C=O) groups is 6. The lowest BCUT2D eigenvalue weighted by Crippen LogP contribution is -2.71. The van der Waals surface area contributed by atoms with Gasteiger partial charge in [-0.1, -0.05) is 241 Å². The van der Waals surface area contributed by atoms with Crippen LogP contribution in [0.15, 0.2) is 164 Å². The van der Waals surface area contributed by atoms with Crippen LogP contribution in [-0.4, -0.2) is 223 Å². The summed E-state index contributed by atoms with van der Waals surface area (Å²) >= 11 is 0. The Morgan fingerprint density at radius 1 is 0.430 bits per heavy atom. The van der Waals surface area contributed by atoms with Crippen molar-refractivity contribution in [2.75, 3.05) is 32.9 Å². The van der Waals surface area contributed by atoms with Crippen LogP contribution in [0.2, 0.25) is 72.5 Å². The molecule has 9 rings (SSSR count). The number of aliphatic hydroxyl groups is 2. The summed E-state index contributed by atoms with van der Waals surface area (Å²) in [6.45, 7) is 44.7. The van der Waals surface area contributed by atoms with Gasteiger partial charge >= 0.3 is 30.5 Å². The first kappa shape index (κ1) is 104. The Kier molecular flexibility index (Phi) is 37.6. The third kappa shape index (κ3) is 30.3. The van der Waals surface area contributed by atoms with Crippen molar-refractivity contribution in [2.24, 2.45) is 0 Å². The first-order valence-corrected chi connectivity index (χ1v) is 56.1. The van der Waals surface area contributed by atoms with Crippen LogP contribution in [-0.2, 0) is 112 Å². The normalized spacial score (nSPS) is 25.2. The molecule has 34 heteroatoms. The molecule has 708 valence electrons. The predicted molar refractivity (Wildman–Crippen MR) is 493 cm³/mol. The largest absolute Gasteiger partial charge is 0.445 e. The second-order valence-electron chi connectivity index (χ2n) is 39.4. The number of alkyl carbamates (subject to hydrolysis) is 5. The quantitative estimate of drug-likeness (QED) is 0.0103. The fourth-order valence-corrected chi connectivity index (χ4v) is 18.5. The molecule has 4 fully saturated rings. The van der Waals surface area contributed by atoms with Gasteiger partial charge in [0.1, 0.15) is 94.0 Å². The molecule has 0 spiro atoms. The van der Waals surface area contributed by atoms with Crippen molar-refractivity contribution in [1.82, 2.24) is 31.9 Å². The lowest BCUT2D eigenvalue weighted by Gasteiger charge is -2.53. The molecule has 5 aromatic rings. The molecule has 30 nitrogen and oxygen atoms in total. The zero-order chi connectivity index (χ0) is 93.6. The summed E-state index contributed by atoms with van der Waals surface area (Å²) in [6.07, 6.45) is -22.8. The summed E-state index contributed by atoms with van der Waals surface area (Å²) in [5.74, 6) is -0.985. The standard InChI is InChI=1S/C94H142N6O24Si4/c1-22-52-109-81-77(121-84-74(100-90(108)114-59-66-46-36-27-37-47-66)79(124-128(20,21)94(11,12)13)78(123-127(18,19)93(8,9)10)72(118-84)54-96-87(105)111-56-63-40-30-24-31-41-63)73(61-116-126(16,17)92(5,6)7)119-85(81)122-80-75(102)69(97-82(103)71(101)50-51-95-86(104)110-55-62-38-28-23-29-39-62)53-70(99-89(107)113-58-65-44-34-26-35-45-65)76(80)120-83-68(98-88(106)112-57-64-42-32-25-33-43-64)49-48-67(117-83)60-115-125(14,15)91(2,3)4/h22-47,67-81,83-85,101-102H,1,48-61H2,2-21H3,(H,95,104)(H,96,105)(H,97,103)(H,98,106)(H,99,107)(H,100,108)/t67-,68+,69+,70-,71-,72-,73+,74+,75-,76+,77+,78+,79+,80+,81+,83+,84+,85-/m0/s1. The Bertz CT molecular complexity index is 4300. The van der Waals surface area contributed by atoms with E-state index in [2.05, 4.69) is 174 Å². The third-order valence-electron chi connectivity index (χ3n) is 25.7. The average molecular weight is 1850 g/mol. The van der Waals surface area contributed by atoms with E-state index in [4.69, 9.17) is 74.5 Å². The molecular formula is C94H142N6O24Si4. The van der Waals surface area contributed by atoms with E-state index in [0.717, 1.165) is 16.7 Å². The molecule has 8 N–H and O–H groups in total. The number of carbonyl (C=O) groups excluding carboxylic acids is 6.